The van der Waals surface area contributed by atoms with Gasteiger partial charge in [0.15, 0.2) is 16.0 Å². The smallest absolute Gasteiger partial charge is 0.307 e. The van der Waals surface area contributed by atoms with Crippen LogP contribution < -0.4 is 10.0 Å². The first kappa shape index (κ1) is 19.8. The first-order valence-electron chi connectivity index (χ1n) is 11.0. The van der Waals surface area contributed by atoms with Crippen LogP contribution in [-0.4, -0.2) is 44.6 Å². The molecule has 7 nitrogen and oxygen atoms in total. The topological polar surface area (TPSA) is 79.3 Å². The van der Waals surface area contributed by atoms with Crippen molar-refractivity contribution in [2.24, 2.45) is 0 Å². The number of rotatable bonds is 5. The molecular formula is C22H29N5O2S. The van der Waals surface area contributed by atoms with Gasteiger partial charge in [-0.1, -0.05) is 6.07 Å². The zero-order valence-electron chi connectivity index (χ0n) is 17.4. The first-order valence-corrected chi connectivity index (χ1v) is 12.1. The standard InChI is InChI=1S/C22H29N5O2S/c1-26-11-4-7-17(26)14-27-12-10-20(24-27)30(29)25-22(28)23-21-18-8-2-5-15(18)13-16-6-3-9-19(16)21/h10,12-13,17H,2-9,11,14H2,1H3,(H2,23,25,28). The Hall–Kier alpha value is -2.19. The zero-order valence-corrected chi connectivity index (χ0v) is 18.3. The van der Waals surface area contributed by atoms with Crippen LogP contribution in [0.25, 0.3) is 0 Å². The van der Waals surface area contributed by atoms with Crippen LogP contribution in [-0.2, 0) is 43.2 Å². The van der Waals surface area contributed by atoms with Gasteiger partial charge in [-0.3, -0.25) is 9.40 Å². The lowest BCUT2D eigenvalue weighted by Gasteiger charge is -2.18. The number of likely N-dealkylation sites (tertiary alicyclic amines) is 1. The zero-order chi connectivity index (χ0) is 20.7. The van der Waals surface area contributed by atoms with E-state index in [-0.39, 0.29) is 0 Å². The summed E-state index contributed by atoms with van der Waals surface area (Å²) in [6, 6.07) is 4.10. The van der Waals surface area contributed by atoms with Crippen LogP contribution in [0.15, 0.2) is 23.4 Å². The first-order chi connectivity index (χ1) is 14.6. The molecule has 2 heterocycles. The fourth-order valence-corrected chi connectivity index (χ4v) is 5.90. The monoisotopic (exact) mass is 427 g/mol. The Bertz CT molecular complexity index is 969. The van der Waals surface area contributed by atoms with E-state index in [1.165, 1.54) is 28.7 Å². The predicted octanol–water partition coefficient (Wildman–Crippen LogP) is 2.80. The number of nitrogens with one attached hydrogen (secondary N) is 2. The highest BCUT2D eigenvalue weighted by Crippen LogP contribution is 2.38. The Labute approximate surface area is 179 Å². The van der Waals surface area contributed by atoms with Gasteiger partial charge in [0, 0.05) is 17.9 Å². The van der Waals surface area contributed by atoms with E-state index in [1.807, 2.05) is 10.9 Å². The van der Waals surface area contributed by atoms with E-state index in [9.17, 15) is 9.00 Å². The van der Waals surface area contributed by atoms with Gasteiger partial charge in [-0.25, -0.2) is 9.00 Å². The number of anilines is 1. The van der Waals surface area contributed by atoms with Gasteiger partial charge in [-0.2, -0.15) is 5.10 Å². The summed E-state index contributed by atoms with van der Waals surface area (Å²) in [5.41, 5.74) is 6.22. The van der Waals surface area contributed by atoms with E-state index in [1.54, 1.807) is 6.07 Å². The molecule has 2 aliphatic carbocycles. The molecule has 1 aromatic carbocycles. The van der Waals surface area contributed by atoms with E-state index in [0.29, 0.717) is 11.1 Å². The summed E-state index contributed by atoms with van der Waals surface area (Å²) in [6.07, 6.45) is 10.6. The van der Waals surface area contributed by atoms with E-state index in [0.717, 1.165) is 63.7 Å². The molecule has 3 aliphatic rings. The maximum absolute atomic E-state index is 12.7. The molecule has 0 radical (unpaired) electrons. The van der Waals surface area contributed by atoms with Crippen molar-refractivity contribution in [1.29, 1.82) is 0 Å². The molecule has 1 aliphatic heterocycles. The number of aryl methyl sites for hydroxylation is 2. The summed E-state index contributed by atoms with van der Waals surface area (Å²) < 4.78 is 17.1. The maximum Gasteiger partial charge on any atom is 0.331 e. The lowest BCUT2D eigenvalue weighted by molar-refractivity contribution is 0.257. The van der Waals surface area contributed by atoms with Gasteiger partial charge in [0.25, 0.3) is 0 Å². The highest BCUT2D eigenvalue weighted by molar-refractivity contribution is 7.83. The van der Waals surface area contributed by atoms with E-state index >= 15 is 0 Å². The fraction of sp³-hybridized carbons (Fsp3) is 0.545. The summed E-state index contributed by atoms with van der Waals surface area (Å²) in [6.45, 7) is 1.89. The molecule has 5 rings (SSSR count). The Morgan fingerprint density at radius 2 is 1.90 bits per heavy atom. The van der Waals surface area contributed by atoms with Crippen LogP contribution >= 0.6 is 0 Å². The Balaban J connectivity index is 1.25. The average Bonchev–Trinajstić information content (AvgIpc) is 3.50. The van der Waals surface area contributed by atoms with Gasteiger partial charge >= 0.3 is 6.03 Å². The van der Waals surface area contributed by atoms with Gasteiger partial charge in [-0.05, 0) is 93.3 Å². The maximum atomic E-state index is 12.7. The Morgan fingerprint density at radius 1 is 1.17 bits per heavy atom. The molecule has 8 heteroatoms. The third-order valence-electron chi connectivity index (χ3n) is 6.77. The van der Waals surface area contributed by atoms with Crippen molar-refractivity contribution in [3.05, 3.63) is 40.6 Å². The summed E-state index contributed by atoms with van der Waals surface area (Å²) in [7, 11) is 0.446. The van der Waals surface area contributed by atoms with Crippen LogP contribution in [0.5, 0.6) is 0 Å². The number of fused-ring (bicyclic) bond motifs is 2. The Morgan fingerprint density at radius 3 is 2.57 bits per heavy atom. The minimum absolute atomic E-state index is 0.384. The number of carbonyl (C=O) groups excluding carboxylic acids is 1. The number of aromatic nitrogens is 2. The van der Waals surface area contributed by atoms with E-state index in [4.69, 9.17) is 0 Å². The van der Waals surface area contributed by atoms with Crippen LogP contribution in [0.2, 0.25) is 0 Å². The molecule has 2 unspecified atom stereocenters. The number of urea groups is 1. The molecule has 30 heavy (non-hydrogen) atoms. The van der Waals surface area contributed by atoms with Crippen molar-refractivity contribution in [1.82, 2.24) is 19.4 Å². The number of nitrogens with zero attached hydrogens (tertiary/aromatic N) is 3. The van der Waals surface area contributed by atoms with Crippen molar-refractivity contribution < 1.29 is 9.00 Å². The molecule has 1 saturated heterocycles. The number of hydrogen-bond donors (Lipinski definition) is 2. The average molecular weight is 428 g/mol. The van der Waals surface area contributed by atoms with Gasteiger partial charge < -0.3 is 10.2 Å². The molecule has 0 bridgehead atoms. The van der Waals surface area contributed by atoms with Crippen LogP contribution in [0.4, 0.5) is 10.5 Å². The molecule has 0 spiro atoms. The summed E-state index contributed by atoms with van der Waals surface area (Å²) in [4.78, 5) is 15.0. The third-order valence-corrected chi connectivity index (χ3v) is 7.74. The van der Waals surface area contributed by atoms with Crippen molar-refractivity contribution in [3.63, 3.8) is 0 Å². The number of carbonyl (C=O) groups is 1. The predicted molar refractivity (Wildman–Crippen MR) is 117 cm³/mol. The molecule has 2 N–H and O–H groups in total. The van der Waals surface area contributed by atoms with Gasteiger partial charge in [0.2, 0.25) is 0 Å². The highest BCUT2D eigenvalue weighted by Gasteiger charge is 2.26. The molecule has 1 fully saturated rings. The molecule has 2 aromatic rings. The number of hydrogen-bond acceptors (Lipinski definition) is 4. The minimum atomic E-state index is -1.68. The van der Waals surface area contributed by atoms with Crippen molar-refractivity contribution in [3.8, 4) is 0 Å². The number of likely N-dealkylation sites (N-methyl/N-ethyl adjacent to an activating group) is 1. The normalized spacial score (nSPS) is 21.4. The molecule has 1 aromatic heterocycles. The van der Waals surface area contributed by atoms with Gasteiger partial charge in [-0.15, -0.1) is 0 Å². The Kier molecular flexibility index (Phi) is 5.37. The molecule has 2 amide bonds. The van der Waals surface area contributed by atoms with E-state index in [2.05, 4.69) is 33.2 Å². The fourth-order valence-electron chi connectivity index (χ4n) is 5.21. The second-order valence-corrected chi connectivity index (χ2v) is 9.87. The van der Waals surface area contributed by atoms with Crippen molar-refractivity contribution in [2.75, 3.05) is 18.9 Å². The van der Waals surface area contributed by atoms with Gasteiger partial charge in [0.1, 0.15) is 0 Å². The molecule has 2 atom stereocenters. The lowest BCUT2D eigenvalue weighted by atomic mass is 9.99. The van der Waals surface area contributed by atoms with Crippen molar-refractivity contribution >= 4 is 22.7 Å². The number of benzene rings is 1. The van der Waals surface area contributed by atoms with Gasteiger partial charge in [0.05, 0.1) is 6.54 Å². The third kappa shape index (κ3) is 3.78. The lowest BCUT2D eigenvalue weighted by Crippen LogP contribution is -2.32. The van der Waals surface area contributed by atoms with Crippen LogP contribution in [0.1, 0.15) is 47.9 Å². The minimum Gasteiger partial charge on any atom is -0.307 e. The van der Waals surface area contributed by atoms with E-state index < -0.39 is 17.0 Å². The van der Waals surface area contributed by atoms with Crippen LogP contribution in [0.3, 0.4) is 0 Å². The quantitative estimate of drug-likeness (QED) is 0.769. The number of amides is 2. The molecule has 160 valence electrons. The summed E-state index contributed by atoms with van der Waals surface area (Å²) in [5.74, 6) is 0. The SMILES string of the molecule is CN1CCCC1Cn1ccc(S(=O)NC(=O)Nc2c3c(cc4c2CCC4)CCC3)n1. The highest BCUT2D eigenvalue weighted by atomic mass is 32.2. The summed E-state index contributed by atoms with van der Waals surface area (Å²) >= 11 is 0. The second-order valence-electron chi connectivity index (χ2n) is 8.71. The van der Waals surface area contributed by atoms with Crippen molar-refractivity contribution in [2.45, 2.75) is 69.0 Å². The molecular weight excluding hydrogens is 398 g/mol. The van der Waals surface area contributed by atoms with Crippen LogP contribution in [0, 0.1) is 0 Å². The second kappa shape index (κ2) is 8.15. The molecule has 0 saturated carbocycles. The largest absolute Gasteiger partial charge is 0.331 e. The summed E-state index contributed by atoms with van der Waals surface area (Å²) in [5, 5.41) is 7.85.